The third kappa shape index (κ3) is 4.71. The van der Waals surface area contributed by atoms with E-state index in [1.54, 1.807) is 4.90 Å². The van der Waals surface area contributed by atoms with Gasteiger partial charge in [0.05, 0.1) is 6.42 Å². The third-order valence-electron chi connectivity index (χ3n) is 5.50. The normalized spacial score (nSPS) is 14.1. The minimum atomic E-state index is -0.364. The molecule has 1 heterocycles. The van der Waals surface area contributed by atoms with Crippen LogP contribution in [0.3, 0.4) is 0 Å². The van der Waals surface area contributed by atoms with Gasteiger partial charge in [0.15, 0.2) is 6.61 Å². The van der Waals surface area contributed by atoms with Gasteiger partial charge in [0.2, 0.25) is 0 Å². The third-order valence-corrected chi connectivity index (χ3v) is 5.50. The van der Waals surface area contributed by atoms with Gasteiger partial charge in [-0.05, 0) is 49.1 Å². The zero-order chi connectivity index (χ0) is 20.1. The van der Waals surface area contributed by atoms with Crippen molar-refractivity contribution in [1.29, 1.82) is 0 Å². The lowest BCUT2D eigenvalue weighted by molar-refractivity contribution is -0.151. The smallest absolute Gasteiger partial charge is 0.310 e. The highest BCUT2D eigenvalue weighted by atomic mass is 16.5. The molecule has 5 heteroatoms. The standard InChI is InChI=1S/C23H28N2O3/c1-17-8-6-10-21(19(17)3)24-11-13-25(14-12-24)22(26)16-28-23(27)15-20-9-5-4-7-18(20)2/h4-10H,11-16H2,1-3H3. The van der Waals surface area contributed by atoms with Crippen molar-refractivity contribution in [1.82, 2.24) is 4.90 Å². The molecule has 0 bridgehead atoms. The average Bonchev–Trinajstić information content (AvgIpc) is 2.70. The number of nitrogens with zero attached hydrogens (tertiary/aromatic N) is 2. The maximum atomic E-state index is 12.4. The molecule has 0 aromatic heterocycles. The van der Waals surface area contributed by atoms with Crippen LogP contribution in [0.5, 0.6) is 0 Å². The quantitative estimate of drug-likeness (QED) is 0.748. The van der Waals surface area contributed by atoms with E-state index in [9.17, 15) is 9.59 Å². The van der Waals surface area contributed by atoms with Crippen LogP contribution in [0.4, 0.5) is 5.69 Å². The molecule has 0 N–H and O–H groups in total. The summed E-state index contributed by atoms with van der Waals surface area (Å²) in [5, 5.41) is 0. The van der Waals surface area contributed by atoms with Crippen molar-refractivity contribution in [3.05, 3.63) is 64.7 Å². The molecule has 0 unspecified atom stereocenters. The fraction of sp³-hybridized carbons (Fsp3) is 0.391. The molecule has 1 amide bonds. The van der Waals surface area contributed by atoms with E-state index in [1.807, 2.05) is 31.2 Å². The Labute approximate surface area is 166 Å². The second kappa shape index (κ2) is 8.91. The van der Waals surface area contributed by atoms with Crippen LogP contribution in [0.2, 0.25) is 0 Å². The number of ether oxygens (including phenoxy) is 1. The van der Waals surface area contributed by atoms with E-state index in [2.05, 4.69) is 36.9 Å². The molecule has 1 saturated heterocycles. The SMILES string of the molecule is Cc1ccccc1CC(=O)OCC(=O)N1CCN(c2cccc(C)c2C)CC1. The minimum absolute atomic E-state index is 0.126. The monoisotopic (exact) mass is 380 g/mol. The Morgan fingerprint density at radius 3 is 2.29 bits per heavy atom. The first kappa shape index (κ1) is 19.9. The van der Waals surface area contributed by atoms with Gasteiger partial charge in [-0.2, -0.15) is 0 Å². The Bertz CT molecular complexity index is 855. The highest BCUT2D eigenvalue weighted by Crippen LogP contribution is 2.23. The molecule has 0 radical (unpaired) electrons. The predicted octanol–water partition coefficient (Wildman–Crippen LogP) is 3.05. The van der Waals surface area contributed by atoms with Gasteiger partial charge in [-0.15, -0.1) is 0 Å². The van der Waals surface area contributed by atoms with E-state index < -0.39 is 0 Å². The Morgan fingerprint density at radius 2 is 1.57 bits per heavy atom. The molecular weight excluding hydrogens is 352 g/mol. The number of hydrogen-bond donors (Lipinski definition) is 0. The fourth-order valence-corrected chi connectivity index (χ4v) is 3.52. The van der Waals surface area contributed by atoms with Crippen molar-refractivity contribution in [2.75, 3.05) is 37.7 Å². The molecule has 1 aliphatic rings. The number of benzene rings is 2. The van der Waals surface area contributed by atoms with Crippen LogP contribution < -0.4 is 4.90 Å². The van der Waals surface area contributed by atoms with Crippen molar-refractivity contribution < 1.29 is 14.3 Å². The molecule has 28 heavy (non-hydrogen) atoms. The van der Waals surface area contributed by atoms with Crippen LogP contribution >= 0.6 is 0 Å². The minimum Gasteiger partial charge on any atom is -0.455 e. The van der Waals surface area contributed by atoms with Crippen LogP contribution in [0, 0.1) is 20.8 Å². The number of carbonyl (C=O) groups is 2. The van der Waals surface area contributed by atoms with Crippen molar-refractivity contribution in [3.63, 3.8) is 0 Å². The number of esters is 1. The summed E-state index contributed by atoms with van der Waals surface area (Å²) in [7, 11) is 0. The molecule has 3 rings (SSSR count). The largest absolute Gasteiger partial charge is 0.455 e. The number of carbonyl (C=O) groups excluding carboxylic acids is 2. The Balaban J connectivity index is 1.47. The molecular formula is C23H28N2O3. The Hall–Kier alpha value is -2.82. The van der Waals surface area contributed by atoms with Gasteiger partial charge < -0.3 is 14.5 Å². The van der Waals surface area contributed by atoms with Gasteiger partial charge in [-0.25, -0.2) is 0 Å². The summed E-state index contributed by atoms with van der Waals surface area (Å²) in [6.45, 7) is 8.88. The summed E-state index contributed by atoms with van der Waals surface area (Å²) in [6.07, 6.45) is 0.195. The zero-order valence-electron chi connectivity index (χ0n) is 16.9. The maximum Gasteiger partial charge on any atom is 0.310 e. The second-order valence-electron chi connectivity index (χ2n) is 7.35. The number of piperazine rings is 1. The summed E-state index contributed by atoms with van der Waals surface area (Å²) in [4.78, 5) is 28.6. The maximum absolute atomic E-state index is 12.4. The molecule has 148 valence electrons. The van der Waals surface area contributed by atoms with E-state index >= 15 is 0 Å². The summed E-state index contributed by atoms with van der Waals surface area (Å²) in [5.41, 5.74) is 5.77. The summed E-state index contributed by atoms with van der Waals surface area (Å²) >= 11 is 0. The van der Waals surface area contributed by atoms with Crippen molar-refractivity contribution >= 4 is 17.6 Å². The number of hydrogen-bond acceptors (Lipinski definition) is 4. The lowest BCUT2D eigenvalue weighted by Crippen LogP contribution is -2.50. The van der Waals surface area contributed by atoms with Gasteiger partial charge in [-0.1, -0.05) is 36.4 Å². The van der Waals surface area contributed by atoms with Gasteiger partial charge in [0.1, 0.15) is 0 Å². The van der Waals surface area contributed by atoms with Gasteiger partial charge in [0.25, 0.3) is 5.91 Å². The summed E-state index contributed by atoms with van der Waals surface area (Å²) < 4.78 is 5.22. The molecule has 0 spiro atoms. The molecule has 0 saturated carbocycles. The Morgan fingerprint density at radius 1 is 0.893 bits per heavy atom. The van der Waals surface area contributed by atoms with Crippen LogP contribution in [0.1, 0.15) is 22.3 Å². The van der Waals surface area contributed by atoms with E-state index in [0.717, 1.165) is 24.2 Å². The zero-order valence-corrected chi connectivity index (χ0v) is 16.9. The van der Waals surface area contributed by atoms with Crippen LogP contribution in [0.15, 0.2) is 42.5 Å². The first-order chi connectivity index (χ1) is 13.5. The van der Waals surface area contributed by atoms with Crippen molar-refractivity contribution in [2.24, 2.45) is 0 Å². The van der Waals surface area contributed by atoms with Gasteiger partial charge in [-0.3, -0.25) is 9.59 Å². The number of amides is 1. The molecule has 0 aliphatic carbocycles. The predicted molar refractivity (Wildman–Crippen MR) is 111 cm³/mol. The van der Waals surface area contributed by atoms with E-state index in [0.29, 0.717) is 13.1 Å². The number of anilines is 1. The van der Waals surface area contributed by atoms with E-state index in [4.69, 9.17) is 4.74 Å². The van der Waals surface area contributed by atoms with Crippen molar-refractivity contribution in [2.45, 2.75) is 27.2 Å². The van der Waals surface area contributed by atoms with Crippen LogP contribution in [-0.2, 0) is 20.7 Å². The van der Waals surface area contributed by atoms with E-state index in [-0.39, 0.29) is 24.9 Å². The highest BCUT2D eigenvalue weighted by molar-refractivity contribution is 5.81. The highest BCUT2D eigenvalue weighted by Gasteiger charge is 2.23. The first-order valence-corrected chi connectivity index (χ1v) is 9.75. The fourth-order valence-electron chi connectivity index (χ4n) is 3.52. The summed E-state index contributed by atoms with van der Waals surface area (Å²) in [6, 6.07) is 14.0. The van der Waals surface area contributed by atoms with Crippen LogP contribution in [0.25, 0.3) is 0 Å². The number of aryl methyl sites for hydroxylation is 2. The Kier molecular flexibility index (Phi) is 6.34. The van der Waals surface area contributed by atoms with Crippen molar-refractivity contribution in [3.8, 4) is 0 Å². The second-order valence-corrected chi connectivity index (χ2v) is 7.35. The number of rotatable bonds is 5. The lowest BCUT2D eigenvalue weighted by atomic mass is 10.1. The molecule has 1 aliphatic heterocycles. The average molecular weight is 380 g/mol. The molecule has 2 aromatic carbocycles. The molecule has 1 fully saturated rings. The van der Waals surface area contributed by atoms with Gasteiger partial charge in [0, 0.05) is 31.9 Å². The van der Waals surface area contributed by atoms with Gasteiger partial charge >= 0.3 is 5.97 Å². The molecule has 5 nitrogen and oxygen atoms in total. The van der Waals surface area contributed by atoms with E-state index in [1.165, 1.54) is 16.8 Å². The summed E-state index contributed by atoms with van der Waals surface area (Å²) in [5.74, 6) is -0.490. The first-order valence-electron chi connectivity index (χ1n) is 9.75. The van der Waals surface area contributed by atoms with Crippen LogP contribution in [-0.4, -0.2) is 49.6 Å². The molecule has 2 aromatic rings. The lowest BCUT2D eigenvalue weighted by Gasteiger charge is -2.37. The molecule has 0 atom stereocenters. The topological polar surface area (TPSA) is 49.9 Å².